The molecule has 6 nitrogen and oxygen atoms in total. The van der Waals surface area contributed by atoms with Crippen molar-refractivity contribution in [3.8, 4) is 0 Å². The van der Waals surface area contributed by atoms with Crippen LogP contribution in [0.5, 0.6) is 0 Å². The fourth-order valence-corrected chi connectivity index (χ4v) is 2.59. The molecule has 0 fully saturated rings. The van der Waals surface area contributed by atoms with Gasteiger partial charge in [-0.3, -0.25) is 0 Å². The highest BCUT2D eigenvalue weighted by atomic mass is 35.5. The van der Waals surface area contributed by atoms with E-state index in [0.717, 1.165) is 31.8 Å². The number of imidazole rings is 1. The van der Waals surface area contributed by atoms with Gasteiger partial charge < -0.3 is 15.6 Å². The largest absolute Gasteiger partial charge is 0.382 e. The van der Waals surface area contributed by atoms with Crippen LogP contribution in [-0.4, -0.2) is 26.1 Å². The van der Waals surface area contributed by atoms with Gasteiger partial charge in [0.25, 0.3) is 0 Å². The molecule has 0 amide bonds. The maximum absolute atomic E-state index is 6.06. The first-order valence-electron chi connectivity index (χ1n) is 6.26. The summed E-state index contributed by atoms with van der Waals surface area (Å²) < 4.78 is 2.20. The van der Waals surface area contributed by atoms with Crippen LogP contribution in [0, 0.1) is 0 Å². The number of hydrogen-bond donors (Lipinski definition) is 2. The Balaban J connectivity index is 1.73. The number of nitrogens with zero attached hydrogens (tertiary/aromatic N) is 4. The van der Waals surface area contributed by atoms with Crippen LogP contribution in [0.3, 0.4) is 0 Å². The second-order valence-corrected chi connectivity index (χ2v) is 5.00. The first kappa shape index (κ1) is 12.2. The summed E-state index contributed by atoms with van der Waals surface area (Å²) in [6.07, 6.45) is 7.56. The summed E-state index contributed by atoms with van der Waals surface area (Å²) in [5, 5.41) is 3.61. The lowest BCUT2D eigenvalue weighted by molar-refractivity contribution is 0.454. The molecule has 0 spiro atoms. The number of anilines is 2. The molecule has 0 aromatic carbocycles. The average molecular weight is 279 g/mol. The number of aromatic nitrogens is 4. The third-order valence-electron chi connectivity index (χ3n) is 3.40. The van der Waals surface area contributed by atoms with Gasteiger partial charge in [0.15, 0.2) is 0 Å². The molecular weight excluding hydrogens is 264 g/mol. The zero-order valence-electron chi connectivity index (χ0n) is 10.4. The minimum absolute atomic E-state index is 0.296. The summed E-state index contributed by atoms with van der Waals surface area (Å²) in [6, 6.07) is 0. The summed E-state index contributed by atoms with van der Waals surface area (Å²) in [7, 11) is 0. The Hall–Kier alpha value is -1.82. The SMILES string of the molecule is Nc1ncnc(NCC2CCCn3ccnc32)c1Cl. The summed E-state index contributed by atoms with van der Waals surface area (Å²) >= 11 is 6.06. The molecule has 1 unspecified atom stereocenters. The Morgan fingerprint density at radius 1 is 1.42 bits per heavy atom. The van der Waals surface area contributed by atoms with Gasteiger partial charge in [0, 0.05) is 31.4 Å². The second kappa shape index (κ2) is 5.05. The second-order valence-electron chi connectivity index (χ2n) is 4.62. The molecule has 3 heterocycles. The number of rotatable bonds is 3. The highest BCUT2D eigenvalue weighted by Crippen LogP contribution is 2.28. The number of hydrogen-bond acceptors (Lipinski definition) is 5. The topological polar surface area (TPSA) is 81.6 Å². The van der Waals surface area contributed by atoms with Gasteiger partial charge in [0.2, 0.25) is 0 Å². The quantitative estimate of drug-likeness (QED) is 0.896. The number of nitrogens with two attached hydrogens (primary N) is 1. The van der Waals surface area contributed by atoms with E-state index in [-0.39, 0.29) is 0 Å². The Morgan fingerprint density at radius 2 is 2.32 bits per heavy atom. The number of aryl methyl sites for hydroxylation is 1. The van der Waals surface area contributed by atoms with Crippen molar-refractivity contribution in [3.05, 3.63) is 29.6 Å². The highest BCUT2D eigenvalue weighted by Gasteiger charge is 2.21. The molecule has 2 aromatic heterocycles. The third-order valence-corrected chi connectivity index (χ3v) is 3.77. The Kier molecular flexibility index (Phi) is 3.25. The van der Waals surface area contributed by atoms with Gasteiger partial charge in [-0.1, -0.05) is 11.6 Å². The van der Waals surface area contributed by atoms with Crippen molar-refractivity contribution >= 4 is 23.2 Å². The van der Waals surface area contributed by atoms with Crippen molar-refractivity contribution in [2.24, 2.45) is 0 Å². The molecule has 0 bridgehead atoms. The van der Waals surface area contributed by atoms with Crippen molar-refractivity contribution < 1.29 is 0 Å². The number of nitrogen functional groups attached to an aromatic ring is 1. The molecule has 3 N–H and O–H groups in total. The minimum Gasteiger partial charge on any atom is -0.382 e. The molecule has 100 valence electrons. The maximum atomic E-state index is 6.06. The van der Waals surface area contributed by atoms with Gasteiger partial charge in [-0.15, -0.1) is 0 Å². The molecule has 2 aromatic rings. The minimum atomic E-state index is 0.296. The van der Waals surface area contributed by atoms with E-state index in [1.807, 2.05) is 12.4 Å². The van der Waals surface area contributed by atoms with Crippen molar-refractivity contribution in [1.29, 1.82) is 0 Å². The van der Waals surface area contributed by atoms with E-state index in [2.05, 4.69) is 24.8 Å². The van der Waals surface area contributed by atoms with Crippen molar-refractivity contribution in [2.75, 3.05) is 17.6 Å². The van der Waals surface area contributed by atoms with Crippen molar-refractivity contribution in [1.82, 2.24) is 19.5 Å². The molecule has 1 aliphatic heterocycles. The predicted octanol–water partition coefficient (Wildman–Crippen LogP) is 1.90. The lowest BCUT2D eigenvalue weighted by Gasteiger charge is -2.24. The van der Waals surface area contributed by atoms with E-state index in [1.165, 1.54) is 6.33 Å². The Morgan fingerprint density at radius 3 is 3.21 bits per heavy atom. The molecule has 3 rings (SSSR count). The monoisotopic (exact) mass is 278 g/mol. The lowest BCUT2D eigenvalue weighted by atomic mass is 9.99. The smallest absolute Gasteiger partial charge is 0.150 e. The van der Waals surface area contributed by atoms with Crippen LogP contribution in [-0.2, 0) is 6.54 Å². The molecule has 0 saturated heterocycles. The molecule has 0 saturated carbocycles. The molecule has 19 heavy (non-hydrogen) atoms. The molecular formula is C12H15ClN6. The van der Waals surface area contributed by atoms with Crippen LogP contribution in [0.15, 0.2) is 18.7 Å². The standard InChI is InChI=1S/C12H15ClN6/c13-9-10(14)17-7-18-11(9)16-6-8-2-1-4-19-5-3-15-12(8)19/h3,5,7-8H,1-2,4,6H2,(H3,14,16,17,18). The fraction of sp³-hybridized carbons (Fsp3) is 0.417. The number of nitrogens with one attached hydrogen (secondary N) is 1. The van der Waals surface area contributed by atoms with Gasteiger partial charge in [0.1, 0.15) is 28.8 Å². The Labute approximate surface area is 116 Å². The summed E-state index contributed by atoms with van der Waals surface area (Å²) in [5.74, 6) is 2.37. The van der Waals surface area contributed by atoms with Gasteiger partial charge in [-0.25, -0.2) is 15.0 Å². The highest BCUT2D eigenvalue weighted by molar-refractivity contribution is 6.35. The van der Waals surface area contributed by atoms with Crippen LogP contribution in [0.25, 0.3) is 0 Å². The van der Waals surface area contributed by atoms with E-state index in [0.29, 0.717) is 22.6 Å². The van der Waals surface area contributed by atoms with E-state index >= 15 is 0 Å². The summed E-state index contributed by atoms with van der Waals surface area (Å²) in [5.41, 5.74) is 5.65. The van der Waals surface area contributed by atoms with Gasteiger partial charge in [0.05, 0.1) is 0 Å². The Bertz CT molecular complexity index is 581. The van der Waals surface area contributed by atoms with E-state index in [9.17, 15) is 0 Å². The van der Waals surface area contributed by atoms with Crippen LogP contribution in [0.4, 0.5) is 11.6 Å². The van der Waals surface area contributed by atoms with Gasteiger partial charge >= 0.3 is 0 Å². The van der Waals surface area contributed by atoms with Crippen LogP contribution in [0.1, 0.15) is 24.6 Å². The first-order chi connectivity index (χ1) is 9.25. The average Bonchev–Trinajstić information content (AvgIpc) is 2.89. The van der Waals surface area contributed by atoms with E-state index in [4.69, 9.17) is 17.3 Å². The first-order valence-corrected chi connectivity index (χ1v) is 6.64. The van der Waals surface area contributed by atoms with Gasteiger partial charge in [-0.05, 0) is 12.8 Å². The summed E-state index contributed by atoms with van der Waals surface area (Å²) in [6.45, 7) is 1.79. The van der Waals surface area contributed by atoms with Crippen LogP contribution in [0.2, 0.25) is 5.02 Å². The zero-order valence-corrected chi connectivity index (χ0v) is 11.1. The van der Waals surface area contributed by atoms with E-state index in [1.54, 1.807) is 0 Å². The molecule has 0 aliphatic carbocycles. The van der Waals surface area contributed by atoms with Gasteiger partial charge in [-0.2, -0.15) is 0 Å². The maximum Gasteiger partial charge on any atom is 0.150 e. The summed E-state index contributed by atoms with van der Waals surface area (Å²) in [4.78, 5) is 12.4. The number of fused-ring (bicyclic) bond motifs is 1. The van der Waals surface area contributed by atoms with Crippen molar-refractivity contribution in [2.45, 2.75) is 25.3 Å². The van der Waals surface area contributed by atoms with Crippen LogP contribution < -0.4 is 11.1 Å². The zero-order chi connectivity index (χ0) is 13.2. The normalized spacial score (nSPS) is 18.1. The molecule has 7 heteroatoms. The lowest BCUT2D eigenvalue weighted by Crippen LogP contribution is -2.22. The third kappa shape index (κ3) is 2.35. The van der Waals surface area contributed by atoms with E-state index < -0.39 is 0 Å². The molecule has 1 aliphatic rings. The predicted molar refractivity (Wildman–Crippen MR) is 74.1 cm³/mol. The molecule has 1 atom stereocenters. The number of halogens is 1. The van der Waals surface area contributed by atoms with Crippen molar-refractivity contribution in [3.63, 3.8) is 0 Å². The van der Waals surface area contributed by atoms with Crippen LogP contribution >= 0.6 is 11.6 Å². The molecule has 0 radical (unpaired) electrons. The fourth-order valence-electron chi connectivity index (χ4n) is 2.43.